The first-order valence-electron chi connectivity index (χ1n) is 13.6. The minimum Gasteiger partial charge on any atom is -0.396 e. The van der Waals surface area contributed by atoms with Crippen LogP contribution in [0.4, 0.5) is 0 Å². The molecule has 0 aromatic carbocycles. The molecule has 172 valence electrons. The molecule has 2 heteroatoms. The van der Waals surface area contributed by atoms with Gasteiger partial charge in [-0.1, -0.05) is 37.1 Å². The molecule has 3 saturated carbocycles. The van der Waals surface area contributed by atoms with Gasteiger partial charge in [0.2, 0.25) is 0 Å². The van der Waals surface area contributed by atoms with Crippen LogP contribution < -0.4 is 0 Å². The zero-order valence-electron chi connectivity index (χ0n) is 20.5. The van der Waals surface area contributed by atoms with Crippen molar-refractivity contribution in [3.8, 4) is 11.8 Å². The summed E-state index contributed by atoms with van der Waals surface area (Å²) in [7, 11) is 0. The number of aliphatic hydroxyl groups excluding tert-OH is 1. The lowest BCUT2D eigenvalue weighted by molar-refractivity contribution is -0.109. The van der Waals surface area contributed by atoms with Crippen LogP contribution in [0.15, 0.2) is 23.3 Å². The molecular formula is C30H41NO. The molecule has 2 nitrogen and oxygen atoms in total. The van der Waals surface area contributed by atoms with Crippen molar-refractivity contribution in [2.75, 3.05) is 13.2 Å². The molecule has 9 atom stereocenters. The van der Waals surface area contributed by atoms with Gasteiger partial charge in [0.25, 0.3) is 0 Å². The van der Waals surface area contributed by atoms with E-state index in [0.29, 0.717) is 40.4 Å². The predicted octanol–water partition coefficient (Wildman–Crippen LogP) is 5.87. The number of aliphatic hydroxyl groups is 1. The van der Waals surface area contributed by atoms with Crippen LogP contribution in [-0.2, 0) is 0 Å². The van der Waals surface area contributed by atoms with Gasteiger partial charge in [-0.3, -0.25) is 4.90 Å². The van der Waals surface area contributed by atoms with Crippen LogP contribution in [0.1, 0.15) is 91.4 Å². The summed E-state index contributed by atoms with van der Waals surface area (Å²) in [5.74, 6) is 9.17. The number of hydrogen-bond donors (Lipinski definition) is 1. The Morgan fingerprint density at radius 3 is 2.84 bits per heavy atom. The molecule has 0 aromatic heterocycles. The zero-order chi connectivity index (χ0) is 22.0. The molecule has 8 aliphatic rings. The van der Waals surface area contributed by atoms with Crippen molar-refractivity contribution in [1.82, 2.24) is 4.90 Å². The van der Waals surface area contributed by atoms with Crippen LogP contribution in [0, 0.1) is 45.3 Å². The maximum absolute atomic E-state index is 9.53. The van der Waals surface area contributed by atoms with E-state index in [0.717, 1.165) is 25.2 Å². The van der Waals surface area contributed by atoms with Crippen molar-refractivity contribution in [3.05, 3.63) is 23.3 Å². The number of fused-ring (bicyclic) bond motifs is 2. The average molecular weight is 432 g/mol. The van der Waals surface area contributed by atoms with Gasteiger partial charge in [0.15, 0.2) is 0 Å². The molecule has 1 unspecified atom stereocenters. The largest absolute Gasteiger partial charge is 0.396 e. The number of rotatable bonds is 3. The summed E-state index contributed by atoms with van der Waals surface area (Å²) < 4.78 is 0. The third kappa shape index (κ3) is 1.91. The van der Waals surface area contributed by atoms with Crippen molar-refractivity contribution < 1.29 is 5.11 Å². The van der Waals surface area contributed by atoms with Gasteiger partial charge in [-0.25, -0.2) is 0 Å². The van der Waals surface area contributed by atoms with Gasteiger partial charge < -0.3 is 5.11 Å². The Balaban J connectivity index is 1.41. The lowest BCUT2D eigenvalue weighted by Gasteiger charge is -2.61. The molecule has 1 N–H and O–H groups in total. The van der Waals surface area contributed by atoms with Crippen molar-refractivity contribution in [1.29, 1.82) is 0 Å². The average Bonchev–Trinajstić information content (AvgIpc) is 3.30. The monoisotopic (exact) mass is 431 g/mol. The third-order valence-electron chi connectivity index (χ3n) is 12.9. The van der Waals surface area contributed by atoms with Crippen molar-refractivity contribution in [2.24, 2.45) is 33.5 Å². The Labute approximate surface area is 194 Å². The minimum atomic E-state index is 0.235. The van der Waals surface area contributed by atoms with E-state index >= 15 is 0 Å². The van der Waals surface area contributed by atoms with E-state index in [1.165, 1.54) is 57.9 Å². The Bertz CT molecular complexity index is 998. The van der Waals surface area contributed by atoms with Crippen molar-refractivity contribution in [3.63, 3.8) is 0 Å². The Morgan fingerprint density at radius 1 is 1.16 bits per heavy atom. The molecule has 4 bridgehead atoms. The van der Waals surface area contributed by atoms with Gasteiger partial charge in [0, 0.05) is 53.8 Å². The molecule has 5 aliphatic carbocycles. The molecule has 0 aromatic rings. The fraction of sp³-hybridized carbons (Fsp3) is 0.800. The number of hydrogen-bond acceptors (Lipinski definition) is 2. The van der Waals surface area contributed by atoms with E-state index in [1.54, 1.807) is 5.57 Å². The predicted molar refractivity (Wildman–Crippen MR) is 129 cm³/mol. The highest BCUT2D eigenvalue weighted by atomic mass is 16.2. The Hall–Kier alpha value is -1.04. The van der Waals surface area contributed by atoms with Crippen LogP contribution >= 0.6 is 0 Å². The second-order valence-electron chi connectivity index (χ2n) is 13.1. The van der Waals surface area contributed by atoms with Crippen LogP contribution in [0.5, 0.6) is 0 Å². The second kappa shape index (κ2) is 6.14. The summed E-state index contributed by atoms with van der Waals surface area (Å²) in [5, 5.41) is 9.53. The maximum atomic E-state index is 9.53. The molecular weight excluding hydrogens is 390 g/mol. The maximum Gasteiger partial charge on any atom is 0.0446 e. The summed E-state index contributed by atoms with van der Waals surface area (Å²) in [5.41, 5.74) is 5.26. The lowest BCUT2D eigenvalue weighted by Crippen LogP contribution is -2.60. The molecule has 0 radical (unpaired) electrons. The molecule has 3 aliphatic heterocycles. The fourth-order valence-electron chi connectivity index (χ4n) is 11.3. The standard InChI is InChI=1S/C30H41NO/c1-21-8-17-30-22(2)9-14-28(19-24(21)30)25-11-15-27(13-5-4-12-26(28,30)3)23(7-6-18-32)10-16-29(27)20-31(25)29/h11,15,22-23,25,32H,6-10,12-14,16-20H2,1-3H3/t22-,23-,25-,26-,27+,28+,29-,30-,31?/m1/s1. The van der Waals surface area contributed by atoms with Crippen molar-refractivity contribution in [2.45, 2.75) is 103 Å². The number of nitrogens with zero attached hydrogens (tertiary/aromatic N) is 1. The van der Waals surface area contributed by atoms with Crippen LogP contribution in [0.2, 0.25) is 0 Å². The zero-order valence-corrected chi connectivity index (χ0v) is 20.5. The SMILES string of the molecule is CC1=C2C[C@]34CC[C@@H](C)[C@@]2(CC1)[C@]3(C)CC#CC[C@@]12C=C[C@H]4N3C[C@@]31CC[C@H]2CCCO. The van der Waals surface area contributed by atoms with Crippen LogP contribution in [0.3, 0.4) is 0 Å². The first-order chi connectivity index (χ1) is 15.4. The van der Waals surface area contributed by atoms with Gasteiger partial charge in [-0.05, 0) is 82.0 Å². The highest BCUT2D eigenvalue weighted by molar-refractivity contribution is 5.47. The molecule has 32 heavy (non-hydrogen) atoms. The third-order valence-corrected chi connectivity index (χ3v) is 12.9. The summed E-state index contributed by atoms with van der Waals surface area (Å²) in [4.78, 5) is 3.00. The highest BCUT2D eigenvalue weighted by Crippen LogP contribution is 2.81. The van der Waals surface area contributed by atoms with Gasteiger partial charge >= 0.3 is 0 Å². The molecule has 1 saturated heterocycles. The van der Waals surface area contributed by atoms with Gasteiger partial charge in [-0.2, -0.15) is 0 Å². The van der Waals surface area contributed by atoms with Crippen LogP contribution in [0.25, 0.3) is 0 Å². The van der Waals surface area contributed by atoms with E-state index in [2.05, 4.69) is 49.7 Å². The summed E-state index contributed by atoms with van der Waals surface area (Å²) in [6.07, 6.45) is 19.2. The second-order valence-corrected chi connectivity index (χ2v) is 13.1. The topological polar surface area (TPSA) is 23.2 Å². The van der Waals surface area contributed by atoms with Gasteiger partial charge in [-0.15, -0.1) is 11.8 Å². The van der Waals surface area contributed by atoms with E-state index < -0.39 is 0 Å². The molecule has 3 heterocycles. The van der Waals surface area contributed by atoms with E-state index in [1.807, 2.05) is 5.57 Å². The van der Waals surface area contributed by atoms with E-state index in [-0.39, 0.29) is 5.41 Å². The molecule has 8 rings (SSSR count). The minimum absolute atomic E-state index is 0.235. The lowest BCUT2D eigenvalue weighted by atomic mass is 9.44. The normalized spacial score (nSPS) is 56.2. The fourth-order valence-corrected chi connectivity index (χ4v) is 11.3. The quantitative estimate of drug-likeness (QED) is 0.343. The Morgan fingerprint density at radius 2 is 2.00 bits per heavy atom. The van der Waals surface area contributed by atoms with Crippen LogP contribution in [-0.4, -0.2) is 34.7 Å². The first kappa shape index (κ1) is 20.3. The van der Waals surface area contributed by atoms with Gasteiger partial charge in [0.1, 0.15) is 0 Å². The molecule has 3 spiro atoms. The highest BCUT2D eigenvalue weighted by Gasteiger charge is 2.79. The van der Waals surface area contributed by atoms with E-state index in [9.17, 15) is 5.11 Å². The molecule has 0 amide bonds. The smallest absolute Gasteiger partial charge is 0.0446 e. The Kier molecular flexibility index (Phi) is 3.90. The summed E-state index contributed by atoms with van der Waals surface area (Å²) in [6.45, 7) is 9.35. The first-order valence-corrected chi connectivity index (χ1v) is 13.6. The van der Waals surface area contributed by atoms with Crippen molar-refractivity contribution >= 4 is 0 Å². The molecule has 4 fully saturated rings. The number of allylic oxidation sites excluding steroid dienone is 2. The summed E-state index contributed by atoms with van der Waals surface area (Å²) in [6, 6.07) is 0.604. The summed E-state index contributed by atoms with van der Waals surface area (Å²) >= 11 is 0. The van der Waals surface area contributed by atoms with E-state index in [4.69, 9.17) is 0 Å². The van der Waals surface area contributed by atoms with Gasteiger partial charge in [0.05, 0.1) is 0 Å².